The zero-order valence-electron chi connectivity index (χ0n) is 39.2. The van der Waals surface area contributed by atoms with Crippen molar-refractivity contribution >= 4 is 25.5 Å². The van der Waals surface area contributed by atoms with Crippen molar-refractivity contribution < 1.29 is 57.1 Å². The molecule has 63 heavy (non-hydrogen) atoms. The molecule has 358 valence electrons. The smallest absolute Gasteiger partial charge is 0.462 e. The van der Waals surface area contributed by atoms with Crippen molar-refractivity contribution in [2.45, 2.75) is 154 Å². The standard InChI is InChI=1S/C50H82NO11P/c1-6-8-10-11-12-13-14-15-16-17-18-19-20-21-22-23-24-25-30-34-49(55)59-41-44(42-61-63(57,58)60-39-38-51(3,4)5)62-50(56)35-31-27-26-29-33-45-46(48(54)40-47(45)53)37-36-43(52)32-28-9-7-2/h12-13,15-16,18-19,21-22,24-26,29,36-37,43-46,48,52,54H,6-11,14,17,20,23,27-28,30-35,38-42H2,1-5H3/p+1/b13-12-,16-15-,19-18-,22-21-,25-24-,29-26-,37-36+/t43-,44+,45+,46+,48+/m0/s1. The summed E-state index contributed by atoms with van der Waals surface area (Å²) in [6.07, 6.45) is 40.1. The maximum Gasteiger partial charge on any atom is 0.472 e. The van der Waals surface area contributed by atoms with E-state index in [-0.39, 0.29) is 50.1 Å². The fourth-order valence-corrected chi connectivity index (χ4v) is 7.25. The summed E-state index contributed by atoms with van der Waals surface area (Å²) in [5, 5.41) is 20.7. The molecule has 12 nitrogen and oxygen atoms in total. The minimum absolute atomic E-state index is 0.0132. The molecule has 1 saturated carbocycles. The van der Waals surface area contributed by atoms with Gasteiger partial charge in [-0.25, -0.2) is 4.57 Å². The molecule has 0 aromatic carbocycles. The number of esters is 2. The third kappa shape index (κ3) is 33.0. The number of carbonyl (C=O) groups is 3. The molecule has 1 aliphatic rings. The molecular formula is C50H83NO11P+. The average molecular weight is 905 g/mol. The fraction of sp³-hybridized carbons (Fsp3) is 0.660. The molecule has 13 heteroatoms. The van der Waals surface area contributed by atoms with Gasteiger partial charge in [0.15, 0.2) is 6.10 Å². The summed E-state index contributed by atoms with van der Waals surface area (Å²) in [4.78, 5) is 48.2. The van der Waals surface area contributed by atoms with E-state index in [2.05, 4.69) is 62.5 Å². The van der Waals surface area contributed by atoms with E-state index in [9.17, 15) is 34.1 Å². The van der Waals surface area contributed by atoms with Crippen LogP contribution in [0.25, 0.3) is 0 Å². The van der Waals surface area contributed by atoms with Crippen LogP contribution in [0.5, 0.6) is 0 Å². The summed E-state index contributed by atoms with van der Waals surface area (Å²) in [7, 11) is 1.26. The van der Waals surface area contributed by atoms with Gasteiger partial charge in [-0.2, -0.15) is 0 Å². The summed E-state index contributed by atoms with van der Waals surface area (Å²) in [5.74, 6) is -1.86. The van der Waals surface area contributed by atoms with E-state index in [0.29, 0.717) is 43.1 Å². The number of aliphatic hydroxyl groups is 2. The number of nitrogens with zero attached hydrogens (tertiary/aromatic N) is 1. The minimum atomic E-state index is -4.48. The van der Waals surface area contributed by atoms with Crippen molar-refractivity contribution in [2.75, 3.05) is 47.5 Å². The van der Waals surface area contributed by atoms with Crippen LogP contribution in [0.2, 0.25) is 0 Å². The van der Waals surface area contributed by atoms with Crippen molar-refractivity contribution in [3.8, 4) is 0 Å². The highest BCUT2D eigenvalue weighted by Crippen LogP contribution is 2.43. The Hall–Kier alpha value is -3.22. The Balaban J connectivity index is 2.54. The van der Waals surface area contributed by atoms with E-state index in [1.165, 1.54) is 25.7 Å². The van der Waals surface area contributed by atoms with Crippen molar-refractivity contribution in [1.82, 2.24) is 0 Å². The Kier molecular flexibility index (Phi) is 33.1. The van der Waals surface area contributed by atoms with Crippen LogP contribution in [0.1, 0.15) is 136 Å². The number of quaternary nitrogens is 1. The van der Waals surface area contributed by atoms with Crippen LogP contribution in [0.4, 0.5) is 0 Å². The van der Waals surface area contributed by atoms with E-state index in [1.807, 2.05) is 45.4 Å². The molecule has 3 N–H and O–H groups in total. The molecule has 0 saturated heterocycles. The number of ether oxygens (including phenoxy) is 2. The van der Waals surface area contributed by atoms with Crippen molar-refractivity contribution in [3.63, 3.8) is 0 Å². The Morgan fingerprint density at radius 1 is 0.746 bits per heavy atom. The molecule has 6 atom stereocenters. The van der Waals surface area contributed by atoms with Crippen molar-refractivity contribution in [3.05, 3.63) is 85.1 Å². The Morgan fingerprint density at radius 3 is 1.94 bits per heavy atom. The Bertz CT molecular complexity index is 1510. The number of phosphoric acid groups is 1. The molecule has 0 aromatic heterocycles. The van der Waals surface area contributed by atoms with Crippen LogP contribution in [-0.2, 0) is 37.5 Å². The van der Waals surface area contributed by atoms with Crippen LogP contribution in [0, 0.1) is 11.8 Å². The molecule has 1 unspecified atom stereocenters. The molecule has 0 amide bonds. The molecule has 0 radical (unpaired) electrons. The highest BCUT2D eigenvalue weighted by molar-refractivity contribution is 7.47. The summed E-state index contributed by atoms with van der Waals surface area (Å²) >= 11 is 0. The number of ketones is 1. The van der Waals surface area contributed by atoms with Crippen LogP contribution < -0.4 is 0 Å². The van der Waals surface area contributed by atoms with E-state index in [0.717, 1.165) is 44.9 Å². The second-order valence-corrected chi connectivity index (χ2v) is 18.7. The number of hydrogen-bond acceptors (Lipinski definition) is 10. The SMILES string of the molecule is CCCCC/C=C\C/C=C\C/C=C\C/C=C\C/C=C\CCC(=O)OC[C@H](COP(=O)(O)OCC[N+](C)(C)C)OC(=O)CCC/C=C\C[C@H]1C(=O)C[C@@H](O)[C@@H]1/C=C/[C@@H](O)CCCCC. The Labute approximate surface area is 380 Å². The summed E-state index contributed by atoms with van der Waals surface area (Å²) in [6.45, 7) is 3.87. The third-order valence-electron chi connectivity index (χ3n) is 10.3. The number of Topliss-reactive ketones (excluding diaryl/α,β-unsaturated/α-hetero) is 1. The molecule has 1 aliphatic carbocycles. The molecule has 0 heterocycles. The highest BCUT2D eigenvalue weighted by Gasteiger charge is 2.39. The summed E-state index contributed by atoms with van der Waals surface area (Å²) in [6, 6.07) is 0. The third-order valence-corrected chi connectivity index (χ3v) is 11.3. The van der Waals surface area contributed by atoms with Gasteiger partial charge in [-0.05, 0) is 70.6 Å². The van der Waals surface area contributed by atoms with Crippen LogP contribution in [0.3, 0.4) is 0 Å². The topological polar surface area (TPSA) is 166 Å². The van der Waals surface area contributed by atoms with Crippen LogP contribution in [-0.4, -0.2) is 103 Å². The van der Waals surface area contributed by atoms with Gasteiger partial charge in [-0.15, -0.1) is 0 Å². The lowest BCUT2D eigenvalue weighted by atomic mass is 9.90. The van der Waals surface area contributed by atoms with Gasteiger partial charge in [0.1, 0.15) is 25.5 Å². The number of phosphoric ester groups is 1. The van der Waals surface area contributed by atoms with Gasteiger partial charge < -0.3 is 29.1 Å². The van der Waals surface area contributed by atoms with Gasteiger partial charge in [0.2, 0.25) is 0 Å². The van der Waals surface area contributed by atoms with Crippen molar-refractivity contribution in [1.29, 1.82) is 0 Å². The number of likely N-dealkylation sites (N-methyl/N-ethyl adjacent to an activating group) is 1. The monoisotopic (exact) mass is 905 g/mol. The Morgan fingerprint density at radius 2 is 1.32 bits per heavy atom. The minimum Gasteiger partial charge on any atom is -0.462 e. The molecule has 1 rings (SSSR count). The predicted molar refractivity (Wildman–Crippen MR) is 253 cm³/mol. The molecule has 0 aromatic rings. The van der Waals surface area contributed by atoms with Crippen molar-refractivity contribution in [2.24, 2.45) is 11.8 Å². The lowest BCUT2D eigenvalue weighted by Gasteiger charge is -2.24. The molecule has 1 fully saturated rings. The number of unbranched alkanes of at least 4 members (excludes halogenated alkanes) is 6. The number of aliphatic hydroxyl groups excluding tert-OH is 2. The summed E-state index contributed by atoms with van der Waals surface area (Å²) in [5.41, 5.74) is 0. The zero-order chi connectivity index (χ0) is 46.6. The lowest BCUT2D eigenvalue weighted by molar-refractivity contribution is -0.870. The zero-order valence-corrected chi connectivity index (χ0v) is 40.1. The second kappa shape index (κ2) is 36.1. The highest BCUT2D eigenvalue weighted by atomic mass is 31.2. The van der Waals surface area contributed by atoms with Gasteiger partial charge >= 0.3 is 19.8 Å². The van der Waals surface area contributed by atoms with Gasteiger partial charge in [0.05, 0.1) is 40.0 Å². The largest absolute Gasteiger partial charge is 0.472 e. The number of carbonyl (C=O) groups excluding carboxylic acids is 3. The van der Waals surface area contributed by atoms with E-state index < -0.39 is 44.7 Å². The van der Waals surface area contributed by atoms with Gasteiger partial charge in [0, 0.05) is 31.1 Å². The van der Waals surface area contributed by atoms with Crippen LogP contribution in [0.15, 0.2) is 85.1 Å². The first-order chi connectivity index (χ1) is 30.2. The number of hydrogen-bond donors (Lipinski definition) is 3. The number of allylic oxidation sites excluding steroid dienone is 12. The van der Waals surface area contributed by atoms with E-state index in [4.69, 9.17) is 18.5 Å². The molecule has 0 aliphatic heterocycles. The maximum absolute atomic E-state index is 12.8. The fourth-order valence-electron chi connectivity index (χ4n) is 6.51. The second-order valence-electron chi connectivity index (χ2n) is 17.2. The first-order valence-corrected chi connectivity index (χ1v) is 24.9. The quantitative estimate of drug-likeness (QED) is 0.0179. The van der Waals surface area contributed by atoms with Gasteiger partial charge in [0.25, 0.3) is 0 Å². The predicted octanol–water partition coefficient (Wildman–Crippen LogP) is 10.2. The average Bonchev–Trinajstić information content (AvgIpc) is 3.50. The van der Waals surface area contributed by atoms with Gasteiger partial charge in [-0.3, -0.25) is 23.4 Å². The molecule has 0 spiro atoms. The number of rotatable bonds is 37. The van der Waals surface area contributed by atoms with E-state index in [1.54, 1.807) is 12.2 Å². The van der Waals surface area contributed by atoms with Gasteiger partial charge in [-0.1, -0.05) is 131 Å². The first kappa shape index (κ1) is 57.8. The maximum atomic E-state index is 12.8. The molecule has 0 bridgehead atoms. The summed E-state index contributed by atoms with van der Waals surface area (Å²) < 4.78 is 34.2. The lowest BCUT2D eigenvalue weighted by Crippen LogP contribution is -2.37. The first-order valence-electron chi connectivity index (χ1n) is 23.4. The van der Waals surface area contributed by atoms with E-state index >= 15 is 0 Å². The van der Waals surface area contributed by atoms with Crippen LogP contribution >= 0.6 is 7.82 Å². The molecular weight excluding hydrogens is 822 g/mol. The normalized spacial score (nSPS) is 19.6.